The monoisotopic (exact) mass is 496 g/mol. The third-order valence-electron chi connectivity index (χ3n) is 5.79. The molecule has 7 heteroatoms. The molecule has 6 nitrogen and oxygen atoms in total. The normalized spacial score (nSPS) is 25.9. The largest absolute Gasteiger partial charge is 0.385 e. The summed E-state index contributed by atoms with van der Waals surface area (Å²) in [5.74, 6) is 0.928. The van der Waals surface area contributed by atoms with Gasteiger partial charge < -0.3 is 20.1 Å². The molecule has 0 aromatic heterocycles. The highest BCUT2D eigenvalue weighted by atomic mass is 127. The summed E-state index contributed by atoms with van der Waals surface area (Å²) >= 11 is 0. The first kappa shape index (κ1) is 24.9. The summed E-state index contributed by atoms with van der Waals surface area (Å²) in [5, 5.41) is 7.04. The molecular formula is C20H41IN4O2. The lowest BCUT2D eigenvalue weighted by atomic mass is 9.83. The topological polar surface area (TPSA) is 58.1 Å². The molecule has 2 atom stereocenters. The summed E-state index contributed by atoms with van der Waals surface area (Å²) < 4.78 is 11.1. The van der Waals surface area contributed by atoms with Crippen molar-refractivity contribution in [3.63, 3.8) is 0 Å². The number of methoxy groups -OCH3 is 1. The zero-order valence-electron chi connectivity index (χ0n) is 17.8. The summed E-state index contributed by atoms with van der Waals surface area (Å²) in [4.78, 5) is 6.91. The second kappa shape index (κ2) is 13.2. The summed E-state index contributed by atoms with van der Waals surface area (Å²) in [7, 11) is 3.66. The van der Waals surface area contributed by atoms with E-state index in [2.05, 4.69) is 34.4 Å². The van der Waals surface area contributed by atoms with Crippen molar-refractivity contribution < 1.29 is 9.47 Å². The molecule has 0 bridgehead atoms. The van der Waals surface area contributed by atoms with Crippen LogP contribution in [0.4, 0.5) is 0 Å². The first-order chi connectivity index (χ1) is 12.6. The Morgan fingerprint density at radius 2 is 1.85 bits per heavy atom. The third-order valence-corrected chi connectivity index (χ3v) is 5.79. The first-order valence-corrected chi connectivity index (χ1v) is 10.4. The van der Waals surface area contributed by atoms with E-state index < -0.39 is 0 Å². The van der Waals surface area contributed by atoms with Crippen LogP contribution in [0.1, 0.15) is 52.4 Å². The van der Waals surface area contributed by atoms with Crippen LogP contribution in [0.15, 0.2) is 4.99 Å². The lowest BCUT2D eigenvalue weighted by Gasteiger charge is -2.35. The predicted octanol–water partition coefficient (Wildman–Crippen LogP) is 2.87. The van der Waals surface area contributed by atoms with Gasteiger partial charge in [-0.15, -0.1) is 24.0 Å². The van der Waals surface area contributed by atoms with E-state index in [0.717, 1.165) is 58.1 Å². The number of nitrogens with zero attached hydrogens (tertiary/aromatic N) is 2. The number of hydrogen-bond donors (Lipinski definition) is 2. The second-order valence-corrected chi connectivity index (χ2v) is 8.17. The van der Waals surface area contributed by atoms with Crippen LogP contribution in [0, 0.1) is 5.41 Å². The van der Waals surface area contributed by atoms with E-state index in [4.69, 9.17) is 9.47 Å². The van der Waals surface area contributed by atoms with Crippen LogP contribution in [0.2, 0.25) is 0 Å². The van der Waals surface area contributed by atoms with Crippen LogP contribution in [0.5, 0.6) is 0 Å². The molecule has 1 heterocycles. The van der Waals surface area contributed by atoms with Crippen molar-refractivity contribution in [2.45, 2.75) is 64.6 Å². The highest BCUT2D eigenvalue weighted by molar-refractivity contribution is 14.0. The molecule has 0 aromatic rings. The van der Waals surface area contributed by atoms with Gasteiger partial charge in [0.15, 0.2) is 5.96 Å². The molecule has 1 saturated carbocycles. The molecule has 2 fully saturated rings. The van der Waals surface area contributed by atoms with E-state index in [0.29, 0.717) is 17.6 Å². The number of rotatable bonds is 9. The van der Waals surface area contributed by atoms with Crippen LogP contribution < -0.4 is 10.6 Å². The van der Waals surface area contributed by atoms with Crippen molar-refractivity contribution in [1.82, 2.24) is 15.5 Å². The summed E-state index contributed by atoms with van der Waals surface area (Å²) in [6.45, 7) is 10.3. The van der Waals surface area contributed by atoms with Crippen LogP contribution in [-0.2, 0) is 9.47 Å². The van der Waals surface area contributed by atoms with Crippen molar-refractivity contribution in [3.05, 3.63) is 0 Å². The molecule has 0 amide bonds. The van der Waals surface area contributed by atoms with Gasteiger partial charge in [-0.05, 0) is 44.9 Å². The number of aliphatic imine (C=N–C) groups is 1. The Kier molecular flexibility index (Phi) is 12.2. The Bertz CT molecular complexity index is 420. The zero-order chi connectivity index (χ0) is 18.8. The Hall–Kier alpha value is -0.120. The first-order valence-electron chi connectivity index (χ1n) is 10.4. The van der Waals surface area contributed by atoms with E-state index in [-0.39, 0.29) is 24.0 Å². The Balaban J connectivity index is 0.00000364. The molecule has 160 valence electrons. The summed E-state index contributed by atoms with van der Waals surface area (Å²) in [6, 6.07) is 0. The molecular weight excluding hydrogens is 455 g/mol. The molecule has 1 saturated heterocycles. The van der Waals surface area contributed by atoms with E-state index in [1.807, 2.05) is 7.05 Å². The van der Waals surface area contributed by atoms with Gasteiger partial charge in [-0.3, -0.25) is 9.89 Å². The Morgan fingerprint density at radius 3 is 2.44 bits per heavy atom. The highest BCUT2D eigenvalue weighted by Crippen LogP contribution is 2.40. The maximum Gasteiger partial charge on any atom is 0.190 e. The van der Waals surface area contributed by atoms with Crippen LogP contribution in [0.25, 0.3) is 0 Å². The van der Waals surface area contributed by atoms with Gasteiger partial charge in [0.1, 0.15) is 0 Å². The van der Waals surface area contributed by atoms with E-state index in [9.17, 15) is 0 Å². The van der Waals surface area contributed by atoms with E-state index >= 15 is 0 Å². The minimum Gasteiger partial charge on any atom is -0.385 e. The lowest BCUT2D eigenvalue weighted by molar-refractivity contribution is -0.0679. The third kappa shape index (κ3) is 8.83. The van der Waals surface area contributed by atoms with Gasteiger partial charge in [0, 0.05) is 53.5 Å². The minimum atomic E-state index is 0. The average molecular weight is 496 g/mol. The molecule has 2 N–H and O–H groups in total. The SMILES string of the molecule is CN=C(NCCCN1CC(C)OC(C)C1)NCC1(CCOC)CCCC1.I. The maximum absolute atomic E-state index is 5.80. The van der Waals surface area contributed by atoms with Gasteiger partial charge in [-0.2, -0.15) is 0 Å². The molecule has 0 radical (unpaired) electrons. The van der Waals surface area contributed by atoms with E-state index in [1.165, 1.54) is 25.7 Å². The zero-order valence-corrected chi connectivity index (χ0v) is 20.1. The van der Waals surface area contributed by atoms with Crippen molar-refractivity contribution in [3.8, 4) is 0 Å². The number of guanidine groups is 1. The Morgan fingerprint density at radius 1 is 1.19 bits per heavy atom. The number of ether oxygens (including phenoxy) is 2. The number of halogens is 1. The molecule has 27 heavy (non-hydrogen) atoms. The number of hydrogen-bond acceptors (Lipinski definition) is 4. The Labute approximate surface area is 183 Å². The summed E-state index contributed by atoms with van der Waals surface area (Å²) in [5.41, 5.74) is 0.383. The highest BCUT2D eigenvalue weighted by Gasteiger charge is 2.33. The van der Waals surface area contributed by atoms with Crippen LogP contribution in [0.3, 0.4) is 0 Å². The number of morpholine rings is 1. The molecule has 1 aliphatic carbocycles. The molecule has 2 unspecified atom stereocenters. The fourth-order valence-electron chi connectivity index (χ4n) is 4.43. The van der Waals surface area contributed by atoms with Crippen molar-refractivity contribution in [1.29, 1.82) is 0 Å². The van der Waals surface area contributed by atoms with Gasteiger partial charge in [-0.1, -0.05) is 12.8 Å². The second-order valence-electron chi connectivity index (χ2n) is 8.17. The van der Waals surface area contributed by atoms with Crippen LogP contribution >= 0.6 is 24.0 Å². The minimum absolute atomic E-state index is 0. The smallest absolute Gasteiger partial charge is 0.190 e. The van der Waals surface area contributed by atoms with Crippen LogP contribution in [-0.4, -0.2) is 76.6 Å². The van der Waals surface area contributed by atoms with Gasteiger partial charge in [0.05, 0.1) is 12.2 Å². The fourth-order valence-corrected chi connectivity index (χ4v) is 4.43. The molecule has 2 rings (SSSR count). The molecule has 2 aliphatic rings. The van der Waals surface area contributed by atoms with Gasteiger partial charge in [0.25, 0.3) is 0 Å². The van der Waals surface area contributed by atoms with Gasteiger partial charge >= 0.3 is 0 Å². The number of nitrogens with one attached hydrogen (secondary N) is 2. The van der Waals surface area contributed by atoms with Crippen molar-refractivity contribution in [2.75, 3.05) is 53.5 Å². The quantitative estimate of drug-likeness (QED) is 0.223. The molecule has 0 spiro atoms. The fraction of sp³-hybridized carbons (Fsp3) is 0.950. The maximum atomic E-state index is 5.80. The standard InChI is InChI=1S/C20H40N4O2.HI/c1-17-14-24(15-18(2)26-17)12-7-11-22-19(21-3)23-16-20(10-13-25-4)8-5-6-9-20;/h17-18H,5-16H2,1-4H3,(H2,21,22,23);1H. The average Bonchev–Trinajstić information content (AvgIpc) is 3.08. The van der Waals surface area contributed by atoms with E-state index in [1.54, 1.807) is 7.11 Å². The molecule has 1 aliphatic heterocycles. The molecule has 0 aromatic carbocycles. The lowest BCUT2D eigenvalue weighted by Crippen LogP contribution is -2.47. The van der Waals surface area contributed by atoms with Crippen molar-refractivity contribution >= 4 is 29.9 Å². The predicted molar refractivity (Wildman–Crippen MR) is 123 cm³/mol. The summed E-state index contributed by atoms with van der Waals surface area (Å²) in [6.07, 6.45) is 8.23. The van der Waals surface area contributed by atoms with Crippen molar-refractivity contribution in [2.24, 2.45) is 10.4 Å². The van der Waals surface area contributed by atoms with Gasteiger partial charge in [0.2, 0.25) is 0 Å². The van der Waals surface area contributed by atoms with Gasteiger partial charge in [-0.25, -0.2) is 0 Å².